The summed E-state index contributed by atoms with van der Waals surface area (Å²) in [4.78, 5) is 0.274. The smallest absolute Gasteiger partial charge is 0.243 e. The molecule has 1 aliphatic heterocycles. The number of hydrogen-bond acceptors (Lipinski definition) is 3. The summed E-state index contributed by atoms with van der Waals surface area (Å²) >= 11 is 0. The molecule has 22 heavy (non-hydrogen) atoms. The Morgan fingerprint density at radius 1 is 1.09 bits per heavy atom. The van der Waals surface area contributed by atoms with Crippen LogP contribution >= 0.6 is 0 Å². The van der Waals surface area contributed by atoms with E-state index in [2.05, 4.69) is 0 Å². The molecule has 1 aliphatic rings. The third kappa shape index (κ3) is 2.67. The van der Waals surface area contributed by atoms with E-state index in [1.807, 2.05) is 31.2 Å². The Morgan fingerprint density at radius 2 is 1.73 bits per heavy atom. The molecule has 0 unspecified atom stereocenters. The maximum absolute atomic E-state index is 12.9. The number of sulfonamides is 1. The minimum absolute atomic E-state index is 0.181. The van der Waals surface area contributed by atoms with Gasteiger partial charge in [-0.25, -0.2) is 8.42 Å². The molecule has 0 bridgehead atoms. The zero-order valence-corrected chi connectivity index (χ0v) is 13.3. The van der Waals surface area contributed by atoms with Crippen LogP contribution in [0.3, 0.4) is 0 Å². The minimum Gasteiger partial charge on any atom is -0.395 e. The van der Waals surface area contributed by atoms with Crippen LogP contribution in [-0.4, -0.2) is 30.5 Å². The number of nitrogens with zero attached hydrogens (tertiary/aromatic N) is 1. The third-order valence-electron chi connectivity index (χ3n) is 4.15. The number of rotatable bonds is 3. The van der Waals surface area contributed by atoms with E-state index in [0.29, 0.717) is 13.0 Å². The SMILES string of the molecule is Cc1ccc(S(=O)(=O)N2Cc3ccccc3C[C@H]2CO)cc1. The molecule has 0 aromatic heterocycles. The maximum Gasteiger partial charge on any atom is 0.243 e. The zero-order valence-electron chi connectivity index (χ0n) is 12.4. The molecule has 1 heterocycles. The number of hydrogen-bond donors (Lipinski definition) is 1. The van der Waals surface area contributed by atoms with Gasteiger partial charge >= 0.3 is 0 Å². The first-order chi connectivity index (χ1) is 10.5. The molecule has 0 saturated heterocycles. The molecule has 1 atom stereocenters. The molecule has 0 saturated carbocycles. The van der Waals surface area contributed by atoms with Crippen LogP contribution in [0.5, 0.6) is 0 Å². The van der Waals surface area contributed by atoms with Crippen LogP contribution < -0.4 is 0 Å². The van der Waals surface area contributed by atoms with E-state index in [1.165, 1.54) is 4.31 Å². The summed E-state index contributed by atoms with van der Waals surface area (Å²) in [6, 6.07) is 14.2. The van der Waals surface area contributed by atoms with Crippen LogP contribution in [0, 0.1) is 6.92 Å². The van der Waals surface area contributed by atoms with E-state index < -0.39 is 16.1 Å². The summed E-state index contributed by atoms with van der Waals surface area (Å²) in [5, 5.41) is 9.64. The van der Waals surface area contributed by atoms with Crippen molar-refractivity contribution in [3.63, 3.8) is 0 Å². The van der Waals surface area contributed by atoms with Crippen LogP contribution in [0.4, 0.5) is 0 Å². The van der Waals surface area contributed by atoms with E-state index in [0.717, 1.165) is 16.7 Å². The van der Waals surface area contributed by atoms with Gasteiger partial charge in [0.05, 0.1) is 17.5 Å². The van der Waals surface area contributed by atoms with Crippen molar-refractivity contribution in [3.05, 3.63) is 65.2 Å². The summed E-state index contributed by atoms with van der Waals surface area (Å²) in [5.41, 5.74) is 3.13. The lowest BCUT2D eigenvalue weighted by molar-refractivity contribution is 0.173. The van der Waals surface area contributed by atoms with Crippen LogP contribution in [0.2, 0.25) is 0 Å². The first kappa shape index (κ1) is 15.2. The molecule has 0 radical (unpaired) electrons. The van der Waals surface area contributed by atoms with Gasteiger partial charge in [-0.15, -0.1) is 0 Å². The van der Waals surface area contributed by atoms with Crippen molar-refractivity contribution >= 4 is 10.0 Å². The van der Waals surface area contributed by atoms with Crippen molar-refractivity contribution in [3.8, 4) is 0 Å². The monoisotopic (exact) mass is 317 g/mol. The van der Waals surface area contributed by atoms with Gasteiger partial charge in [-0.05, 0) is 36.6 Å². The zero-order chi connectivity index (χ0) is 15.7. The van der Waals surface area contributed by atoms with Crippen molar-refractivity contribution in [2.45, 2.75) is 30.8 Å². The van der Waals surface area contributed by atoms with Crippen LogP contribution in [0.1, 0.15) is 16.7 Å². The number of aliphatic hydroxyl groups is 1. The highest BCUT2D eigenvalue weighted by molar-refractivity contribution is 7.89. The molecule has 0 spiro atoms. The van der Waals surface area contributed by atoms with Crippen molar-refractivity contribution in [1.29, 1.82) is 0 Å². The first-order valence-corrected chi connectivity index (χ1v) is 8.72. The average molecular weight is 317 g/mol. The normalized spacial score (nSPS) is 18.9. The van der Waals surface area contributed by atoms with Crippen LogP contribution in [0.15, 0.2) is 53.4 Å². The number of aliphatic hydroxyl groups excluding tert-OH is 1. The lowest BCUT2D eigenvalue weighted by Crippen LogP contribution is -2.46. The number of benzene rings is 2. The number of fused-ring (bicyclic) bond motifs is 1. The second kappa shape index (κ2) is 5.83. The Balaban J connectivity index is 2.00. The average Bonchev–Trinajstić information content (AvgIpc) is 2.54. The molecular weight excluding hydrogens is 298 g/mol. The van der Waals surface area contributed by atoms with Gasteiger partial charge in [0.15, 0.2) is 0 Å². The van der Waals surface area contributed by atoms with E-state index in [1.54, 1.807) is 24.3 Å². The molecule has 1 N–H and O–H groups in total. The highest BCUT2D eigenvalue weighted by Gasteiger charge is 2.35. The molecule has 0 amide bonds. The van der Waals surface area contributed by atoms with E-state index in [4.69, 9.17) is 0 Å². The molecular formula is C17H19NO3S. The molecule has 2 aromatic rings. The van der Waals surface area contributed by atoms with Gasteiger partial charge in [-0.2, -0.15) is 4.31 Å². The molecule has 4 nitrogen and oxygen atoms in total. The van der Waals surface area contributed by atoms with Gasteiger partial charge in [0, 0.05) is 6.54 Å². The predicted octanol–water partition coefficient (Wildman–Crippen LogP) is 2.10. The van der Waals surface area contributed by atoms with E-state index in [9.17, 15) is 13.5 Å². The molecule has 116 valence electrons. The molecule has 5 heteroatoms. The van der Waals surface area contributed by atoms with E-state index >= 15 is 0 Å². The van der Waals surface area contributed by atoms with Gasteiger partial charge in [0.2, 0.25) is 10.0 Å². The summed E-state index contributed by atoms with van der Waals surface area (Å²) in [5.74, 6) is 0. The van der Waals surface area contributed by atoms with Crippen molar-refractivity contribution < 1.29 is 13.5 Å². The van der Waals surface area contributed by atoms with Crippen molar-refractivity contribution in [1.82, 2.24) is 4.31 Å². The van der Waals surface area contributed by atoms with Crippen molar-refractivity contribution in [2.24, 2.45) is 0 Å². The summed E-state index contributed by atoms with van der Waals surface area (Å²) in [6.07, 6.45) is 0.539. The largest absolute Gasteiger partial charge is 0.395 e. The lowest BCUT2D eigenvalue weighted by Gasteiger charge is -2.34. The van der Waals surface area contributed by atoms with Gasteiger partial charge in [-0.3, -0.25) is 0 Å². The summed E-state index contributed by atoms with van der Waals surface area (Å²) in [7, 11) is -3.61. The van der Waals surface area contributed by atoms with Crippen LogP contribution in [0.25, 0.3) is 0 Å². The summed E-state index contributed by atoms with van der Waals surface area (Å²) < 4.78 is 27.2. The topological polar surface area (TPSA) is 57.6 Å². The fourth-order valence-corrected chi connectivity index (χ4v) is 4.44. The molecule has 0 aliphatic carbocycles. The highest BCUT2D eigenvalue weighted by atomic mass is 32.2. The number of aryl methyl sites for hydroxylation is 1. The minimum atomic E-state index is -3.61. The molecule has 3 rings (SSSR count). The quantitative estimate of drug-likeness (QED) is 0.943. The fourth-order valence-electron chi connectivity index (χ4n) is 2.85. The second-order valence-corrected chi connectivity index (χ2v) is 7.56. The maximum atomic E-state index is 12.9. The Kier molecular flexibility index (Phi) is 4.04. The Hall–Kier alpha value is -1.69. The van der Waals surface area contributed by atoms with Gasteiger partial charge in [-0.1, -0.05) is 42.0 Å². The second-order valence-electron chi connectivity index (χ2n) is 5.67. The lowest BCUT2D eigenvalue weighted by atomic mass is 9.96. The standard InChI is InChI=1S/C17H19NO3S/c1-13-6-8-17(9-7-13)22(20,21)18-11-15-5-3-2-4-14(15)10-16(18)12-19/h2-9,16,19H,10-12H2,1H3/t16-/m0/s1. The predicted molar refractivity (Wildman–Crippen MR) is 84.9 cm³/mol. The summed E-state index contributed by atoms with van der Waals surface area (Å²) in [6.45, 7) is 2.04. The van der Waals surface area contributed by atoms with Gasteiger partial charge < -0.3 is 5.11 Å². The molecule has 0 fully saturated rings. The molecule has 2 aromatic carbocycles. The van der Waals surface area contributed by atoms with Gasteiger partial charge in [0.1, 0.15) is 0 Å². The highest BCUT2D eigenvalue weighted by Crippen LogP contribution is 2.28. The fraction of sp³-hybridized carbons (Fsp3) is 0.294. The third-order valence-corrected chi connectivity index (χ3v) is 6.06. The van der Waals surface area contributed by atoms with Crippen molar-refractivity contribution in [2.75, 3.05) is 6.61 Å². The Morgan fingerprint density at radius 3 is 2.36 bits per heavy atom. The Labute approximate surface area is 131 Å². The Bertz CT molecular complexity index is 769. The van der Waals surface area contributed by atoms with Crippen LogP contribution in [-0.2, 0) is 23.0 Å². The van der Waals surface area contributed by atoms with E-state index in [-0.39, 0.29) is 11.5 Å². The van der Waals surface area contributed by atoms with Gasteiger partial charge in [0.25, 0.3) is 0 Å². The first-order valence-electron chi connectivity index (χ1n) is 7.28.